The number of ether oxygens (including phenoxy) is 1. The summed E-state index contributed by atoms with van der Waals surface area (Å²) < 4.78 is 42.7. The van der Waals surface area contributed by atoms with Crippen molar-refractivity contribution >= 4 is 11.4 Å². The molecular weight excluding hydrogens is 315 g/mol. The van der Waals surface area contributed by atoms with E-state index in [1.54, 1.807) is 20.3 Å². The molecule has 0 saturated heterocycles. The second kappa shape index (κ2) is 9.13. The zero-order valence-corrected chi connectivity index (χ0v) is 14.2. The van der Waals surface area contributed by atoms with E-state index in [1.807, 2.05) is 44.2 Å². The van der Waals surface area contributed by atoms with Crippen LogP contribution in [0.4, 0.5) is 18.9 Å². The lowest BCUT2D eigenvalue weighted by atomic mass is 10.0. The van der Waals surface area contributed by atoms with Gasteiger partial charge >= 0.3 is 6.18 Å². The monoisotopic (exact) mass is 337 g/mol. The first-order valence-electron chi connectivity index (χ1n) is 7.37. The molecule has 2 rings (SSSR count). The molecule has 1 N–H and O–H groups in total. The van der Waals surface area contributed by atoms with Crippen LogP contribution >= 0.6 is 0 Å². The van der Waals surface area contributed by atoms with E-state index < -0.39 is 11.7 Å². The first-order chi connectivity index (χ1) is 11.3. The van der Waals surface area contributed by atoms with E-state index in [0.29, 0.717) is 11.3 Å². The molecule has 0 fully saturated rings. The Morgan fingerprint density at radius 3 is 2.00 bits per heavy atom. The SMILES string of the molecule is CC(C)=C(Nc1ccccc1)c1cccc(C(F)(F)F)c1.COC. The number of allylic oxidation sites excluding steroid dienone is 1. The number of anilines is 1. The number of alkyl halides is 3. The maximum Gasteiger partial charge on any atom is 0.416 e. The predicted octanol–water partition coefficient (Wildman–Crippen LogP) is 5.83. The van der Waals surface area contributed by atoms with Crippen LogP contribution in [0.5, 0.6) is 0 Å². The molecule has 24 heavy (non-hydrogen) atoms. The Balaban J connectivity index is 0.000000891. The highest BCUT2D eigenvalue weighted by Crippen LogP contribution is 2.31. The van der Waals surface area contributed by atoms with Gasteiger partial charge in [0.05, 0.1) is 5.56 Å². The van der Waals surface area contributed by atoms with Crippen molar-refractivity contribution in [2.75, 3.05) is 19.5 Å². The summed E-state index contributed by atoms with van der Waals surface area (Å²) in [4.78, 5) is 0. The first-order valence-corrected chi connectivity index (χ1v) is 7.37. The largest absolute Gasteiger partial charge is 0.416 e. The van der Waals surface area contributed by atoms with Gasteiger partial charge in [0, 0.05) is 25.6 Å². The molecule has 2 nitrogen and oxygen atoms in total. The van der Waals surface area contributed by atoms with Crippen molar-refractivity contribution in [1.29, 1.82) is 0 Å². The Bertz CT molecular complexity index is 660. The van der Waals surface area contributed by atoms with Crippen LogP contribution in [-0.2, 0) is 10.9 Å². The first kappa shape index (κ1) is 19.8. The molecule has 0 aliphatic carbocycles. The molecule has 0 bridgehead atoms. The summed E-state index contributed by atoms with van der Waals surface area (Å²) >= 11 is 0. The highest BCUT2D eigenvalue weighted by atomic mass is 19.4. The van der Waals surface area contributed by atoms with Crippen molar-refractivity contribution < 1.29 is 17.9 Å². The van der Waals surface area contributed by atoms with Gasteiger partial charge in [-0.3, -0.25) is 0 Å². The van der Waals surface area contributed by atoms with Gasteiger partial charge in [0.1, 0.15) is 0 Å². The number of halogens is 3. The topological polar surface area (TPSA) is 21.3 Å². The highest BCUT2D eigenvalue weighted by Gasteiger charge is 2.30. The molecule has 0 atom stereocenters. The average Bonchev–Trinajstić information content (AvgIpc) is 2.53. The molecule has 130 valence electrons. The summed E-state index contributed by atoms with van der Waals surface area (Å²) in [5, 5.41) is 3.19. The van der Waals surface area contributed by atoms with E-state index in [-0.39, 0.29) is 0 Å². The van der Waals surface area contributed by atoms with Gasteiger partial charge in [-0.25, -0.2) is 0 Å². The molecular formula is C19H22F3NO. The van der Waals surface area contributed by atoms with E-state index in [1.165, 1.54) is 6.07 Å². The number of nitrogens with one attached hydrogen (secondary N) is 1. The third-order valence-electron chi connectivity index (χ3n) is 3.02. The molecule has 0 radical (unpaired) electrons. The number of benzene rings is 2. The summed E-state index contributed by atoms with van der Waals surface area (Å²) in [6.07, 6.45) is -4.34. The van der Waals surface area contributed by atoms with Crippen LogP contribution < -0.4 is 5.32 Å². The molecule has 2 aromatic carbocycles. The van der Waals surface area contributed by atoms with Crippen molar-refractivity contribution in [3.8, 4) is 0 Å². The van der Waals surface area contributed by atoms with Crippen LogP contribution in [-0.4, -0.2) is 14.2 Å². The zero-order chi connectivity index (χ0) is 18.2. The number of methoxy groups -OCH3 is 1. The van der Waals surface area contributed by atoms with Gasteiger partial charge in [-0.1, -0.05) is 35.9 Å². The van der Waals surface area contributed by atoms with Crippen molar-refractivity contribution in [3.05, 3.63) is 71.3 Å². The Morgan fingerprint density at radius 1 is 0.917 bits per heavy atom. The summed E-state index contributed by atoms with van der Waals surface area (Å²) in [5.41, 5.74) is 2.32. The number of hydrogen-bond donors (Lipinski definition) is 1. The summed E-state index contributed by atoms with van der Waals surface area (Å²) in [6.45, 7) is 3.73. The van der Waals surface area contributed by atoms with Gasteiger partial charge in [0.2, 0.25) is 0 Å². The standard InChI is InChI=1S/C17H16F3N.C2H6O/c1-12(2)16(21-15-9-4-3-5-10-15)13-7-6-8-14(11-13)17(18,19)20;1-3-2/h3-11,21H,1-2H3;1-2H3. The fourth-order valence-electron chi connectivity index (χ4n) is 2.00. The normalized spacial score (nSPS) is 10.5. The van der Waals surface area contributed by atoms with Gasteiger partial charge in [-0.05, 0) is 43.7 Å². The smallest absolute Gasteiger partial charge is 0.388 e. The Hall–Kier alpha value is -2.27. The minimum Gasteiger partial charge on any atom is -0.388 e. The minimum absolute atomic E-state index is 0.522. The molecule has 5 heteroatoms. The molecule has 0 spiro atoms. The Kier molecular flexibility index (Phi) is 7.52. The Morgan fingerprint density at radius 2 is 1.50 bits per heavy atom. The van der Waals surface area contributed by atoms with Crippen LogP contribution in [0, 0.1) is 0 Å². The van der Waals surface area contributed by atoms with Gasteiger partial charge < -0.3 is 10.1 Å². The van der Waals surface area contributed by atoms with E-state index in [9.17, 15) is 13.2 Å². The second-order valence-electron chi connectivity index (χ2n) is 5.35. The summed E-state index contributed by atoms with van der Waals surface area (Å²) in [5.74, 6) is 0. The molecule has 0 aromatic heterocycles. The molecule has 2 aromatic rings. The molecule has 0 saturated carbocycles. The lowest BCUT2D eigenvalue weighted by molar-refractivity contribution is -0.137. The maximum absolute atomic E-state index is 12.8. The molecule has 0 heterocycles. The predicted molar refractivity (Wildman–Crippen MR) is 92.7 cm³/mol. The van der Waals surface area contributed by atoms with Gasteiger partial charge in [-0.2, -0.15) is 13.2 Å². The second-order valence-corrected chi connectivity index (χ2v) is 5.35. The fourth-order valence-corrected chi connectivity index (χ4v) is 2.00. The number of para-hydroxylation sites is 1. The molecule has 0 aliphatic rings. The lowest BCUT2D eigenvalue weighted by Gasteiger charge is -2.15. The van der Waals surface area contributed by atoms with Crippen LogP contribution in [0.2, 0.25) is 0 Å². The van der Waals surface area contributed by atoms with Crippen LogP contribution in [0.1, 0.15) is 25.0 Å². The van der Waals surface area contributed by atoms with E-state index in [0.717, 1.165) is 23.4 Å². The zero-order valence-electron chi connectivity index (χ0n) is 14.2. The van der Waals surface area contributed by atoms with Gasteiger partial charge in [-0.15, -0.1) is 0 Å². The quantitative estimate of drug-likeness (QED) is 0.761. The van der Waals surface area contributed by atoms with Gasteiger partial charge in [0.25, 0.3) is 0 Å². The van der Waals surface area contributed by atoms with Crippen LogP contribution in [0.3, 0.4) is 0 Å². The van der Waals surface area contributed by atoms with Crippen LogP contribution in [0.15, 0.2) is 60.2 Å². The van der Waals surface area contributed by atoms with Crippen molar-refractivity contribution in [2.24, 2.45) is 0 Å². The number of hydrogen-bond acceptors (Lipinski definition) is 2. The molecule has 0 amide bonds. The third-order valence-corrected chi connectivity index (χ3v) is 3.02. The highest BCUT2D eigenvalue weighted by molar-refractivity contribution is 5.78. The van der Waals surface area contributed by atoms with Crippen molar-refractivity contribution in [2.45, 2.75) is 20.0 Å². The third kappa shape index (κ3) is 6.08. The van der Waals surface area contributed by atoms with Gasteiger partial charge in [0.15, 0.2) is 0 Å². The maximum atomic E-state index is 12.8. The lowest BCUT2D eigenvalue weighted by Crippen LogP contribution is -2.07. The Labute approximate surface area is 141 Å². The molecule has 0 aliphatic heterocycles. The summed E-state index contributed by atoms with van der Waals surface area (Å²) in [7, 11) is 3.25. The van der Waals surface area contributed by atoms with E-state index in [2.05, 4.69) is 10.1 Å². The number of rotatable bonds is 3. The minimum atomic E-state index is -4.34. The van der Waals surface area contributed by atoms with Crippen molar-refractivity contribution in [1.82, 2.24) is 0 Å². The van der Waals surface area contributed by atoms with Crippen LogP contribution in [0.25, 0.3) is 5.70 Å². The van der Waals surface area contributed by atoms with Crippen molar-refractivity contribution in [3.63, 3.8) is 0 Å². The molecule has 0 unspecified atom stereocenters. The summed E-state index contributed by atoms with van der Waals surface area (Å²) in [6, 6.07) is 14.7. The van der Waals surface area contributed by atoms with E-state index >= 15 is 0 Å². The fraction of sp³-hybridized carbons (Fsp3) is 0.263. The average molecular weight is 337 g/mol. The van der Waals surface area contributed by atoms with E-state index in [4.69, 9.17) is 0 Å².